The molecule has 0 aliphatic carbocycles. The van der Waals surface area contributed by atoms with Crippen molar-refractivity contribution >= 4 is 34.3 Å². The molecule has 0 saturated heterocycles. The molecule has 2 amide bonds. The molecule has 1 unspecified atom stereocenters. The van der Waals surface area contributed by atoms with Gasteiger partial charge in [0.2, 0.25) is 5.91 Å². The third kappa shape index (κ3) is 5.30. The number of anilines is 2. The van der Waals surface area contributed by atoms with Crippen LogP contribution in [0.15, 0.2) is 71.8 Å². The Balaban J connectivity index is 1.52. The van der Waals surface area contributed by atoms with Crippen LogP contribution in [0.5, 0.6) is 0 Å². The third-order valence-electron chi connectivity index (χ3n) is 6.51. The minimum absolute atomic E-state index is 0.141. The Kier molecular flexibility index (Phi) is 6.59. The van der Waals surface area contributed by atoms with E-state index in [1.165, 1.54) is 6.33 Å². The maximum Gasteiger partial charge on any atom is 0.411 e. The van der Waals surface area contributed by atoms with Crippen molar-refractivity contribution in [3.8, 4) is 0 Å². The molecule has 9 nitrogen and oxygen atoms in total. The molecule has 3 N–H and O–H groups in total. The first-order valence-corrected chi connectivity index (χ1v) is 12.0. The van der Waals surface area contributed by atoms with E-state index in [-0.39, 0.29) is 18.1 Å². The Morgan fingerprint density at radius 1 is 1.03 bits per heavy atom. The number of hydrogen-bond donors (Lipinski definition) is 3. The predicted molar refractivity (Wildman–Crippen MR) is 141 cm³/mol. The van der Waals surface area contributed by atoms with E-state index in [1.54, 1.807) is 24.1 Å². The van der Waals surface area contributed by atoms with Crippen molar-refractivity contribution in [2.24, 2.45) is 0 Å². The lowest BCUT2D eigenvalue weighted by Gasteiger charge is -2.27. The van der Waals surface area contributed by atoms with Crippen LogP contribution < -0.4 is 16.2 Å². The first-order valence-electron chi connectivity index (χ1n) is 12.0. The fraction of sp³-hybridized carbons (Fsp3) is 0.214. The minimum atomic E-state index is -0.695. The zero-order valence-electron chi connectivity index (χ0n) is 20.6. The number of nitrogens with one attached hydrogen (secondary N) is 3. The number of amides is 2. The number of aromatic nitrogens is 2. The van der Waals surface area contributed by atoms with E-state index >= 15 is 0 Å². The molecule has 188 valence electrons. The number of aryl methyl sites for hydroxylation is 1. The molecule has 9 heteroatoms. The van der Waals surface area contributed by atoms with Gasteiger partial charge in [0, 0.05) is 31.4 Å². The number of aromatic amines is 1. The number of nitrogens with zero attached hydrogens (tertiary/aromatic N) is 2. The van der Waals surface area contributed by atoms with Crippen LogP contribution in [0.3, 0.4) is 0 Å². The zero-order valence-corrected chi connectivity index (χ0v) is 20.6. The van der Waals surface area contributed by atoms with Crippen LogP contribution in [0.1, 0.15) is 28.3 Å². The largest absolute Gasteiger partial charge is 0.449 e. The number of carbonyl (C=O) groups is 2. The van der Waals surface area contributed by atoms with Gasteiger partial charge in [-0.05, 0) is 59.5 Å². The number of fused-ring (bicyclic) bond motifs is 10. The normalized spacial score (nSPS) is 16.4. The maximum absolute atomic E-state index is 13.8. The summed E-state index contributed by atoms with van der Waals surface area (Å²) in [7, 11) is 1.75. The van der Waals surface area contributed by atoms with E-state index in [1.807, 2.05) is 55.5 Å². The average Bonchev–Trinajstić information content (AvgIpc) is 2.89. The van der Waals surface area contributed by atoms with Crippen LogP contribution in [-0.2, 0) is 22.5 Å². The number of carbonyl (C=O) groups excluding carboxylic acids is 2. The molecule has 1 atom stereocenters. The van der Waals surface area contributed by atoms with E-state index in [0.717, 1.165) is 22.3 Å². The lowest BCUT2D eigenvalue weighted by molar-refractivity contribution is -0.131. The first kappa shape index (κ1) is 24.1. The van der Waals surface area contributed by atoms with E-state index in [4.69, 9.17) is 4.74 Å². The van der Waals surface area contributed by atoms with Crippen molar-refractivity contribution in [3.63, 3.8) is 0 Å². The molecule has 37 heavy (non-hydrogen) atoms. The van der Waals surface area contributed by atoms with Gasteiger partial charge in [0.25, 0.3) is 5.56 Å². The van der Waals surface area contributed by atoms with Crippen LogP contribution in [-0.4, -0.2) is 40.5 Å². The van der Waals surface area contributed by atoms with Gasteiger partial charge in [-0.25, -0.2) is 9.78 Å². The van der Waals surface area contributed by atoms with Crippen molar-refractivity contribution in [2.45, 2.75) is 25.9 Å². The van der Waals surface area contributed by atoms with Gasteiger partial charge < -0.3 is 19.9 Å². The highest BCUT2D eigenvalue weighted by atomic mass is 16.5. The van der Waals surface area contributed by atoms with Crippen LogP contribution in [0.4, 0.5) is 16.2 Å². The predicted octanol–water partition coefficient (Wildman–Crippen LogP) is 4.15. The van der Waals surface area contributed by atoms with Gasteiger partial charge >= 0.3 is 6.09 Å². The Morgan fingerprint density at radius 2 is 1.84 bits per heavy atom. The summed E-state index contributed by atoms with van der Waals surface area (Å²) in [5.41, 5.74) is 5.21. The van der Waals surface area contributed by atoms with Crippen molar-refractivity contribution in [1.82, 2.24) is 14.9 Å². The standard InChI is InChI=1S/C28H27N5O4/c1-17-3-8-21-13-20(17)15-33(2)27(35)25(19-6-4-18(5-7-19)11-12-37-28(36)32-21)31-22-9-10-24-23(14-22)26(34)30-16-29-24/h3-10,13-14,16,25,31H,11-12,15H2,1-2H3,(H,32,36)(H,29,30,34). The summed E-state index contributed by atoms with van der Waals surface area (Å²) in [5, 5.41) is 6.53. The highest BCUT2D eigenvalue weighted by Gasteiger charge is 2.25. The molecule has 4 aromatic rings. The van der Waals surface area contributed by atoms with E-state index in [2.05, 4.69) is 20.6 Å². The zero-order chi connectivity index (χ0) is 25.9. The van der Waals surface area contributed by atoms with Crippen molar-refractivity contribution in [3.05, 3.63) is 99.6 Å². The van der Waals surface area contributed by atoms with Gasteiger partial charge in [-0.2, -0.15) is 0 Å². The summed E-state index contributed by atoms with van der Waals surface area (Å²) in [6.07, 6.45) is 1.39. The minimum Gasteiger partial charge on any atom is -0.449 e. The van der Waals surface area contributed by atoms with Gasteiger partial charge in [-0.1, -0.05) is 30.3 Å². The molecule has 0 spiro atoms. The fourth-order valence-corrected chi connectivity index (χ4v) is 4.38. The van der Waals surface area contributed by atoms with Crippen LogP contribution in [0.2, 0.25) is 0 Å². The highest BCUT2D eigenvalue weighted by Crippen LogP contribution is 2.26. The number of benzene rings is 3. The molecule has 0 radical (unpaired) electrons. The smallest absolute Gasteiger partial charge is 0.411 e. The lowest BCUT2D eigenvalue weighted by atomic mass is 10.0. The molecule has 4 bridgehead atoms. The summed E-state index contributed by atoms with van der Waals surface area (Å²) in [6, 6.07) is 17.8. The number of H-pyrrole nitrogens is 1. The summed E-state index contributed by atoms with van der Waals surface area (Å²) < 4.78 is 5.35. The number of rotatable bonds is 2. The average molecular weight is 498 g/mol. The first-order chi connectivity index (χ1) is 17.9. The molecule has 6 rings (SSSR count). The Bertz CT molecular complexity index is 1530. The SMILES string of the molecule is Cc1ccc2cc1CN(C)C(=O)C(Nc1ccc3nc[nH]c(=O)c3c1)c1ccc(cc1)CCOC(=O)N2. The van der Waals surface area contributed by atoms with E-state index in [9.17, 15) is 14.4 Å². The molecule has 0 fully saturated rings. The Morgan fingerprint density at radius 3 is 2.65 bits per heavy atom. The van der Waals surface area contributed by atoms with Gasteiger partial charge in [0.05, 0.1) is 23.8 Å². The van der Waals surface area contributed by atoms with Crippen molar-refractivity contribution in [2.75, 3.05) is 24.3 Å². The number of hydrogen-bond acceptors (Lipinski definition) is 6. The maximum atomic E-state index is 13.8. The summed E-state index contributed by atoms with van der Waals surface area (Å²) in [6.45, 7) is 2.53. The molecule has 0 saturated carbocycles. The summed E-state index contributed by atoms with van der Waals surface area (Å²) >= 11 is 0. The molecule has 3 aromatic carbocycles. The number of likely N-dealkylation sites (N-methyl/N-ethyl adjacent to an activating group) is 1. The highest BCUT2D eigenvalue weighted by molar-refractivity contribution is 5.88. The molecule has 3 heterocycles. The topological polar surface area (TPSA) is 116 Å². The second-order valence-corrected chi connectivity index (χ2v) is 9.13. The Labute approximate surface area is 213 Å². The molecular weight excluding hydrogens is 470 g/mol. The third-order valence-corrected chi connectivity index (χ3v) is 6.51. The lowest BCUT2D eigenvalue weighted by Crippen LogP contribution is -2.35. The van der Waals surface area contributed by atoms with Gasteiger partial charge in [0.15, 0.2) is 0 Å². The molecular formula is C28H27N5O4. The molecule has 2 aliphatic heterocycles. The van der Waals surface area contributed by atoms with E-state index in [0.29, 0.717) is 35.2 Å². The molecule has 2 aliphatic rings. The summed E-state index contributed by atoms with van der Waals surface area (Å²) in [5.74, 6) is -0.141. The van der Waals surface area contributed by atoms with Crippen LogP contribution >= 0.6 is 0 Å². The van der Waals surface area contributed by atoms with E-state index < -0.39 is 12.1 Å². The number of ether oxygens (including phenoxy) is 1. The van der Waals surface area contributed by atoms with Gasteiger partial charge in [0.1, 0.15) is 6.04 Å². The van der Waals surface area contributed by atoms with Crippen molar-refractivity contribution in [1.29, 1.82) is 0 Å². The van der Waals surface area contributed by atoms with Crippen molar-refractivity contribution < 1.29 is 14.3 Å². The fourth-order valence-electron chi connectivity index (χ4n) is 4.38. The molecule has 1 aromatic heterocycles. The monoisotopic (exact) mass is 497 g/mol. The second kappa shape index (κ2) is 10.1. The van der Waals surface area contributed by atoms with Crippen LogP contribution in [0, 0.1) is 6.92 Å². The van der Waals surface area contributed by atoms with Gasteiger partial charge in [-0.15, -0.1) is 0 Å². The van der Waals surface area contributed by atoms with Crippen LogP contribution in [0.25, 0.3) is 10.9 Å². The van der Waals surface area contributed by atoms with Gasteiger partial charge in [-0.3, -0.25) is 14.9 Å². The summed E-state index contributed by atoms with van der Waals surface area (Å²) in [4.78, 5) is 46.8. The quantitative estimate of drug-likeness (QED) is 0.383. The Hall–Kier alpha value is -4.66. The second-order valence-electron chi connectivity index (χ2n) is 9.13.